The molecule has 18 heavy (non-hydrogen) atoms. The molecular weight excluding hydrogens is 254 g/mol. The zero-order chi connectivity index (χ0) is 13.2. The van der Waals surface area contributed by atoms with E-state index in [1.54, 1.807) is 7.11 Å². The Bertz CT molecular complexity index is 489. The minimum Gasteiger partial charge on any atom is -0.508 e. The number of methoxy groups -OCH3 is 1. The van der Waals surface area contributed by atoms with E-state index in [1.165, 1.54) is 28.6 Å². The number of sulfonamides is 1. The van der Waals surface area contributed by atoms with Crippen LogP contribution in [0.1, 0.15) is 12.8 Å². The van der Waals surface area contributed by atoms with Crippen molar-refractivity contribution < 1.29 is 18.3 Å². The highest BCUT2D eigenvalue weighted by atomic mass is 32.2. The number of aromatic hydroxyl groups is 1. The van der Waals surface area contributed by atoms with E-state index in [2.05, 4.69) is 0 Å². The Balaban J connectivity index is 2.15. The van der Waals surface area contributed by atoms with Gasteiger partial charge in [-0.25, -0.2) is 8.42 Å². The molecule has 1 aliphatic heterocycles. The number of piperidine rings is 1. The van der Waals surface area contributed by atoms with Gasteiger partial charge >= 0.3 is 0 Å². The lowest BCUT2D eigenvalue weighted by molar-refractivity contribution is 0.0604. The van der Waals surface area contributed by atoms with Crippen LogP contribution in [0.3, 0.4) is 0 Å². The maximum absolute atomic E-state index is 12.3. The van der Waals surface area contributed by atoms with Gasteiger partial charge in [0.1, 0.15) is 5.75 Å². The number of benzene rings is 1. The molecule has 2 rings (SSSR count). The largest absolute Gasteiger partial charge is 0.508 e. The molecule has 6 heteroatoms. The standard InChI is InChI=1S/C12H17NO4S/c1-17-11-6-8-13(9-7-11)18(15,16)12-4-2-10(14)3-5-12/h2-5,11,14H,6-9H2,1H3. The van der Waals surface area contributed by atoms with Crippen LogP contribution in [0.25, 0.3) is 0 Å². The second-order valence-electron chi connectivity index (χ2n) is 4.33. The second kappa shape index (κ2) is 5.26. The number of rotatable bonds is 3. The van der Waals surface area contributed by atoms with Gasteiger partial charge in [-0.3, -0.25) is 0 Å². The predicted molar refractivity (Wildman–Crippen MR) is 66.9 cm³/mol. The normalized spacial score (nSPS) is 18.9. The maximum Gasteiger partial charge on any atom is 0.243 e. The molecule has 1 aromatic rings. The minimum atomic E-state index is -3.44. The molecule has 0 spiro atoms. The molecule has 1 aliphatic rings. The Kier molecular flexibility index (Phi) is 3.89. The summed E-state index contributed by atoms with van der Waals surface area (Å²) in [5.74, 6) is 0.0621. The molecule has 0 atom stereocenters. The Labute approximate surface area is 107 Å². The summed E-state index contributed by atoms with van der Waals surface area (Å²) in [6, 6.07) is 5.61. The smallest absolute Gasteiger partial charge is 0.243 e. The van der Waals surface area contributed by atoms with Crippen molar-refractivity contribution in [3.05, 3.63) is 24.3 Å². The Hall–Kier alpha value is -1.11. The van der Waals surface area contributed by atoms with E-state index in [9.17, 15) is 13.5 Å². The number of phenolic OH excluding ortho intramolecular Hbond substituents is 1. The molecule has 0 aliphatic carbocycles. The van der Waals surface area contributed by atoms with Crippen LogP contribution < -0.4 is 0 Å². The van der Waals surface area contributed by atoms with E-state index in [4.69, 9.17) is 4.74 Å². The molecule has 1 heterocycles. The van der Waals surface area contributed by atoms with Crippen LogP contribution in [0.4, 0.5) is 0 Å². The van der Waals surface area contributed by atoms with Crippen LogP contribution in [-0.2, 0) is 14.8 Å². The molecule has 5 nitrogen and oxygen atoms in total. The summed E-state index contributed by atoms with van der Waals surface area (Å²) < 4.78 is 31.3. The Morgan fingerprint density at radius 1 is 1.22 bits per heavy atom. The lowest BCUT2D eigenvalue weighted by Gasteiger charge is -2.30. The van der Waals surface area contributed by atoms with Gasteiger partial charge < -0.3 is 9.84 Å². The first-order chi connectivity index (χ1) is 8.54. The summed E-state index contributed by atoms with van der Waals surface area (Å²) in [4.78, 5) is 0.219. The zero-order valence-corrected chi connectivity index (χ0v) is 11.1. The highest BCUT2D eigenvalue weighted by molar-refractivity contribution is 7.89. The van der Waals surface area contributed by atoms with Crippen LogP contribution >= 0.6 is 0 Å². The molecule has 100 valence electrons. The molecule has 0 aromatic heterocycles. The van der Waals surface area contributed by atoms with Gasteiger partial charge in [-0.1, -0.05) is 0 Å². The second-order valence-corrected chi connectivity index (χ2v) is 6.27. The average Bonchev–Trinajstić information content (AvgIpc) is 2.39. The number of phenols is 1. The third kappa shape index (κ3) is 2.66. The fraction of sp³-hybridized carbons (Fsp3) is 0.500. The Morgan fingerprint density at radius 3 is 2.28 bits per heavy atom. The zero-order valence-electron chi connectivity index (χ0n) is 10.2. The molecule has 1 saturated heterocycles. The quantitative estimate of drug-likeness (QED) is 0.896. The molecule has 1 fully saturated rings. The number of hydrogen-bond acceptors (Lipinski definition) is 4. The lowest BCUT2D eigenvalue weighted by atomic mass is 10.1. The summed E-state index contributed by atoms with van der Waals surface area (Å²) >= 11 is 0. The van der Waals surface area contributed by atoms with Crippen molar-refractivity contribution in [1.82, 2.24) is 4.31 Å². The van der Waals surface area contributed by atoms with Crippen LogP contribution in [0.15, 0.2) is 29.2 Å². The number of ether oxygens (including phenoxy) is 1. The van der Waals surface area contributed by atoms with Crippen LogP contribution in [0.2, 0.25) is 0 Å². The molecule has 0 saturated carbocycles. The van der Waals surface area contributed by atoms with Gasteiger partial charge in [-0.15, -0.1) is 0 Å². The molecule has 0 amide bonds. The summed E-state index contributed by atoms with van der Waals surface area (Å²) in [6.45, 7) is 0.948. The summed E-state index contributed by atoms with van der Waals surface area (Å²) in [5.41, 5.74) is 0. The van der Waals surface area contributed by atoms with E-state index < -0.39 is 10.0 Å². The molecule has 0 radical (unpaired) electrons. The van der Waals surface area contributed by atoms with Crippen molar-refractivity contribution in [2.75, 3.05) is 20.2 Å². The van der Waals surface area contributed by atoms with E-state index in [0.29, 0.717) is 25.9 Å². The van der Waals surface area contributed by atoms with Crippen molar-refractivity contribution in [3.63, 3.8) is 0 Å². The summed E-state index contributed by atoms with van der Waals surface area (Å²) in [7, 11) is -1.80. The average molecular weight is 271 g/mol. The van der Waals surface area contributed by atoms with Gasteiger partial charge in [0.25, 0.3) is 0 Å². The summed E-state index contributed by atoms with van der Waals surface area (Å²) in [5, 5.41) is 9.17. The van der Waals surface area contributed by atoms with Crippen molar-refractivity contribution in [2.45, 2.75) is 23.8 Å². The van der Waals surface area contributed by atoms with Gasteiger partial charge in [-0.05, 0) is 37.1 Å². The van der Waals surface area contributed by atoms with Crippen LogP contribution in [0, 0.1) is 0 Å². The van der Waals surface area contributed by atoms with Gasteiger partial charge in [-0.2, -0.15) is 4.31 Å². The van der Waals surface area contributed by atoms with Crippen LogP contribution in [0.5, 0.6) is 5.75 Å². The van der Waals surface area contributed by atoms with Crippen molar-refractivity contribution in [2.24, 2.45) is 0 Å². The van der Waals surface area contributed by atoms with Crippen molar-refractivity contribution >= 4 is 10.0 Å². The van der Waals surface area contributed by atoms with E-state index in [0.717, 1.165) is 0 Å². The first-order valence-electron chi connectivity index (χ1n) is 5.86. The van der Waals surface area contributed by atoms with Gasteiger partial charge in [0.05, 0.1) is 11.0 Å². The first kappa shape index (κ1) is 13.3. The van der Waals surface area contributed by atoms with E-state index in [-0.39, 0.29) is 16.7 Å². The van der Waals surface area contributed by atoms with Crippen LogP contribution in [-0.4, -0.2) is 44.1 Å². The Morgan fingerprint density at radius 2 is 1.78 bits per heavy atom. The fourth-order valence-corrected chi connectivity index (χ4v) is 3.55. The predicted octanol–water partition coefficient (Wildman–Crippen LogP) is 1.19. The van der Waals surface area contributed by atoms with Gasteiger partial charge in [0, 0.05) is 20.2 Å². The van der Waals surface area contributed by atoms with E-state index >= 15 is 0 Å². The highest BCUT2D eigenvalue weighted by Crippen LogP contribution is 2.23. The third-order valence-electron chi connectivity index (χ3n) is 3.21. The highest BCUT2D eigenvalue weighted by Gasteiger charge is 2.29. The molecule has 1 aromatic carbocycles. The number of nitrogens with zero attached hydrogens (tertiary/aromatic N) is 1. The van der Waals surface area contributed by atoms with Crippen molar-refractivity contribution in [3.8, 4) is 5.75 Å². The molecule has 0 bridgehead atoms. The third-order valence-corrected chi connectivity index (χ3v) is 5.12. The van der Waals surface area contributed by atoms with Gasteiger partial charge in [0.15, 0.2) is 0 Å². The van der Waals surface area contributed by atoms with E-state index in [1.807, 2.05) is 0 Å². The molecule has 1 N–H and O–H groups in total. The number of hydrogen-bond donors (Lipinski definition) is 1. The fourth-order valence-electron chi connectivity index (χ4n) is 2.08. The minimum absolute atomic E-state index is 0.0621. The monoisotopic (exact) mass is 271 g/mol. The van der Waals surface area contributed by atoms with Gasteiger partial charge in [0.2, 0.25) is 10.0 Å². The molecular formula is C12H17NO4S. The molecule has 0 unspecified atom stereocenters. The SMILES string of the molecule is COC1CCN(S(=O)(=O)c2ccc(O)cc2)CC1. The van der Waals surface area contributed by atoms with Crippen molar-refractivity contribution in [1.29, 1.82) is 0 Å². The lowest BCUT2D eigenvalue weighted by Crippen LogP contribution is -2.40. The topological polar surface area (TPSA) is 66.8 Å². The maximum atomic E-state index is 12.3. The first-order valence-corrected chi connectivity index (χ1v) is 7.30. The summed E-state index contributed by atoms with van der Waals surface area (Å²) in [6.07, 6.45) is 1.58.